The predicted molar refractivity (Wildman–Crippen MR) is 99.0 cm³/mol. The van der Waals surface area contributed by atoms with Crippen molar-refractivity contribution in [3.8, 4) is 0 Å². The third-order valence-electron chi connectivity index (χ3n) is 3.03. The zero-order chi connectivity index (χ0) is 16.8. The van der Waals surface area contributed by atoms with Crippen LogP contribution in [0.4, 0.5) is 5.69 Å². The fourth-order valence-electron chi connectivity index (χ4n) is 1.95. The van der Waals surface area contributed by atoms with Crippen molar-refractivity contribution < 1.29 is 9.59 Å². The Balaban J connectivity index is 2.10. The molecule has 1 amide bonds. The number of benzene rings is 2. The van der Waals surface area contributed by atoms with Gasteiger partial charge in [0.2, 0.25) is 5.91 Å². The Bertz CT molecular complexity index is 734. The molecule has 0 aliphatic rings. The van der Waals surface area contributed by atoms with Gasteiger partial charge < -0.3 is 5.32 Å². The highest BCUT2D eigenvalue weighted by Gasteiger charge is 2.11. The van der Waals surface area contributed by atoms with Crippen LogP contribution in [0.15, 0.2) is 52.3 Å². The fourth-order valence-corrected chi connectivity index (χ4v) is 3.66. The molecule has 0 bridgehead atoms. The summed E-state index contributed by atoms with van der Waals surface area (Å²) in [5, 5.41) is 3.41. The summed E-state index contributed by atoms with van der Waals surface area (Å²) in [7, 11) is 0. The molecular weight excluding hydrogens is 350 g/mol. The van der Waals surface area contributed by atoms with E-state index in [1.807, 2.05) is 36.6 Å². The van der Waals surface area contributed by atoms with Gasteiger partial charge in [-0.25, -0.2) is 0 Å². The Hall–Kier alpha value is -1.43. The lowest BCUT2D eigenvalue weighted by Gasteiger charge is -2.10. The van der Waals surface area contributed by atoms with E-state index in [9.17, 15) is 9.59 Å². The molecule has 23 heavy (non-hydrogen) atoms. The molecule has 0 fully saturated rings. The molecule has 0 saturated heterocycles. The number of hydrogen-bond acceptors (Lipinski definition) is 4. The molecular formula is C17H16ClNO2S2. The average Bonchev–Trinajstić information content (AvgIpc) is 2.53. The van der Waals surface area contributed by atoms with Gasteiger partial charge in [0, 0.05) is 22.3 Å². The third-order valence-corrected chi connectivity index (χ3v) is 5.32. The maximum atomic E-state index is 12.4. The SMILES string of the molecule is CSc1cc(C(=O)CSc2ccccc2Cl)ccc1NC(C)=O. The summed E-state index contributed by atoms with van der Waals surface area (Å²) in [6.45, 7) is 1.46. The zero-order valence-corrected chi connectivity index (χ0v) is 15.1. The van der Waals surface area contributed by atoms with Gasteiger partial charge in [-0.05, 0) is 36.6 Å². The van der Waals surface area contributed by atoms with E-state index in [0.29, 0.717) is 16.3 Å². The summed E-state index contributed by atoms with van der Waals surface area (Å²) in [6.07, 6.45) is 1.91. The molecule has 2 aromatic carbocycles. The number of thioether (sulfide) groups is 2. The first-order valence-corrected chi connectivity index (χ1v) is 9.46. The number of amides is 1. The van der Waals surface area contributed by atoms with Crippen LogP contribution < -0.4 is 5.32 Å². The highest BCUT2D eigenvalue weighted by molar-refractivity contribution is 8.00. The molecule has 2 rings (SSSR count). The smallest absolute Gasteiger partial charge is 0.221 e. The van der Waals surface area contributed by atoms with E-state index in [0.717, 1.165) is 15.5 Å². The molecule has 6 heteroatoms. The summed E-state index contributed by atoms with van der Waals surface area (Å²) >= 11 is 9.01. The normalized spacial score (nSPS) is 10.4. The van der Waals surface area contributed by atoms with Crippen molar-refractivity contribution in [3.63, 3.8) is 0 Å². The summed E-state index contributed by atoms with van der Waals surface area (Å²) < 4.78 is 0. The summed E-state index contributed by atoms with van der Waals surface area (Å²) in [5.74, 6) is 0.213. The van der Waals surface area contributed by atoms with E-state index in [-0.39, 0.29) is 11.7 Å². The van der Waals surface area contributed by atoms with Gasteiger partial charge in [0.25, 0.3) is 0 Å². The number of halogens is 1. The second-order valence-electron chi connectivity index (χ2n) is 4.74. The molecule has 1 N–H and O–H groups in total. The number of carbonyl (C=O) groups is 2. The van der Waals surface area contributed by atoms with Crippen LogP contribution in [0, 0.1) is 0 Å². The minimum absolute atomic E-state index is 0.0274. The number of hydrogen-bond donors (Lipinski definition) is 1. The van der Waals surface area contributed by atoms with Crippen LogP contribution in [-0.2, 0) is 4.79 Å². The number of ketones is 1. The largest absolute Gasteiger partial charge is 0.325 e. The molecule has 0 aromatic heterocycles. The second kappa shape index (κ2) is 8.43. The quantitative estimate of drug-likeness (QED) is 0.578. The van der Waals surface area contributed by atoms with Crippen molar-refractivity contribution in [2.24, 2.45) is 0 Å². The lowest BCUT2D eigenvalue weighted by atomic mass is 10.1. The molecule has 0 radical (unpaired) electrons. The van der Waals surface area contributed by atoms with E-state index in [4.69, 9.17) is 11.6 Å². The molecule has 0 heterocycles. The highest BCUT2D eigenvalue weighted by atomic mass is 35.5. The Morgan fingerprint density at radius 2 is 1.87 bits per heavy atom. The molecule has 0 atom stereocenters. The number of nitrogens with one attached hydrogen (secondary N) is 1. The lowest BCUT2D eigenvalue weighted by Crippen LogP contribution is -2.08. The monoisotopic (exact) mass is 365 g/mol. The van der Waals surface area contributed by atoms with E-state index >= 15 is 0 Å². The zero-order valence-electron chi connectivity index (χ0n) is 12.8. The molecule has 120 valence electrons. The van der Waals surface area contributed by atoms with Crippen molar-refractivity contribution in [1.29, 1.82) is 0 Å². The first kappa shape index (κ1) is 17.9. The molecule has 3 nitrogen and oxygen atoms in total. The van der Waals surface area contributed by atoms with Gasteiger partial charge in [0.15, 0.2) is 5.78 Å². The standard InChI is InChI=1S/C17H16ClNO2S2/c1-11(20)19-14-8-7-12(9-17(14)22-2)15(21)10-23-16-6-4-3-5-13(16)18/h3-9H,10H2,1-2H3,(H,19,20). The van der Waals surface area contributed by atoms with Crippen molar-refractivity contribution in [2.45, 2.75) is 16.7 Å². The van der Waals surface area contributed by atoms with Gasteiger partial charge in [0.1, 0.15) is 0 Å². The van der Waals surface area contributed by atoms with Crippen molar-refractivity contribution in [3.05, 3.63) is 53.1 Å². The molecule has 0 aliphatic heterocycles. The summed E-state index contributed by atoms with van der Waals surface area (Å²) in [5.41, 5.74) is 1.35. The van der Waals surface area contributed by atoms with Gasteiger partial charge >= 0.3 is 0 Å². The summed E-state index contributed by atoms with van der Waals surface area (Å²) in [4.78, 5) is 25.3. The minimum atomic E-state index is -0.131. The molecule has 0 saturated carbocycles. The first-order valence-electron chi connectivity index (χ1n) is 6.87. The van der Waals surface area contributed by atoms with Gasteiger partial charge in [-0.15, -0.1) is 23.5 Å². The van der Waals surface area contributed by atoms with E-state index in [1.165, 1.54) is 30.4 Å². The number of carbonyl (C=O) groups excluding carboxylic acids is 2. The predicted octanol–water partition coefficient (Wildman–Crippen LogP) is 5.00. The van der Waals surface area contributed by atoms with Gasteiger partial charge in [-0.2, -0.15) is 0 Å². The average molecular weight is 366 g/mol. The van der Waals surface area contributed by atoms with Crippen LogP contribution in [0.3, 0.4) is 0 Å². The molecule has 0 aliphatic carbocycles. The van der Waals surface area contributed by atoms with Crippen LogP contribution in [0.1, 0.15) is 17.3 Å². The van der Waals surface area contributed by atoms with Crippen molar-refractivity contribution >= 4 is 52.5 Å². The van der Waals surface area contributed by atoms with Gasteiger partial charge in [0.05, 0.1) is 16.5 Å². The maximum Gasteiger partial charge on any atom is 0.221 e. The van der Waals surface area contributed by atoms with Crippen LogP contribution in [0.25, 0.3) is 0 Å². The Morgan fingerprint density at radius 3 is 2.52 bits per heavy atom. The van der Waals surface area contributed by atoms with E-state index < -0.39 is 0 Å². The van der Waals surface area contributed by atoms with E-state index in [1.54, 1.807) is 12.1 Å². The minimum Gasteiger partial charge on any atom is -0.325 e. The fraction of sp³-hybridized carbons (Fsp3) is 0.176. The molecule has 2 aromatic rings. The number of anilines is 1. The van der Waals surface area contributed by atoms with Crippen molar-refractivity contribution in [2.75, 3.05) is 17.3 Å². The number of Topliss-reactive ketones (excluding diaryl/α,β-unsaturated/α-hetero) is 1. The van der Waals surface area contributed by atoms with Gasteiger partial charge in [-0.1, -0.05) is 23.7 Å². The Labute approximate surface area is 149 Å². The number of rotatable bonds is 6. The maximum absolute atomic E-state index is 12.4. The highest BCUT2D eigenvalue weighted by Crippen LogP contribution is 2.29. The third kappa shape index (κ3) is 5.03. The Morgan fingerprint density at radius 1 is 1.13 bits per heavy atom. The molecule has 0 spiro atoms. The first-order chi connectivity index (χ1) is 11.0. The van der Waals surface area contributed by atoms with Crippen LogP contribution >= 0.6 is 35.1 Å². The molecule has 0 unspecified atom stereocenters. The van der Waals surface area contributed by atoms with Crippen LogP contribution in [0.5, 0.6) is 0 Å². The van der Waals surface area contributed by atoms with E-state index in [2.05, 4.69) is 5.32 Å². The second-order valence-corrected chi connectivity index (χ2v) is 7.01. The van der Waals surface area contributed by atoms with Crippen LogP contribution in [-0.4, -0.2) is 23.7 Å². The Kier molecular flexibility index (Phi) is 6.57. The lowest BCUT2D eigenvalue weighted by molar-refractivity contribution is -0.114. The van der Waals surface area contributed by atoms with Crippen molar-refractivity contribution in [1.82, 2.24) is 0 Å². The van der Waals surface area contributed by atoms with Gasteiger partial charge in [-0.3, -0.25) is 9.59 Å². The summed E-state index contributed by atoms with van der Waals surface area (Å²) in [6, 6.07) is 12.8. The van der Waals surface area contributed by atoms with Crippen LogP contribution in [0.2, 0.25) is 5.02 Å². The topological polar surface area (TPSA) is 46.2 Å².